The zero-order valence-electron chi connectivity index (χ0n) is 65.0. The number of benzene rings is 1. The summed E-state index contributed by atoms with van der Waals surface area (Å²) in [7, 11) is 12.4. The van der Waals surface area contributed by atoms with E-state index in [1.165, 1.54) is 134 Å². The van der Waals surface area contributed by atoms with Gasteiger partial charge in [-0.3, -0.25) is 29.9 Å². The first-order chi connectivity index (χ1) is 48.6. The highest BCUT2D eigenvalue weighted by molar-refractivity contribution is 5.71. The molecule has 0 aliphatic heterocycles. The Morgan fingerprint density at radius 2 is 0.578 bits per heavy atom. The predicted molar refractivity (Wildman–Crippen MR) is 416 cm³/mol. The minimum atomic E-state index is 1.07. The lowest BCUT2D eigenvalue weighted by molar-refractivity contribution is -0.660. The molecule has 0 spiro atoms. The van der Waals surface area contributed by atoms with E-state index in [1.807, 2.05) is 56.8 Å². The highest BCUT2D eigenvalue weighted by Gasteiger charge is 2.22. The number of rotatable bonds is 7. The van der Waals surface area contributed by atoms with Gasteiger partial charge in [0.2, 0.25) is 34.2 Å². The molecule has 0 saturated carbocycles. The van der Waals surface area contributed by atoms with Crippen molar-refractivity contribution in [2.75, 3.05) is 0 Å². The summed E-state index contributed by atoms with van der Waals surface area (Å²) in [5.41, 5.74) is 38.8. The molecule has 520 valence electrons. The van der Waals surface area contributed by atoms with Crippen molar-refractivity contribution < 1.29 is 27.4 Å². The van der Waals surface area contributed by atoms with Gasteiger partial charge in [0.1, 0.15) is 42.3 Å². The third kappa shape index (κ3) is 18.9. The summed E-state index contributed by atoms with van der Waals surface area (Å²) in [6.07, 6.45) is 20.1. The molecular formula is C90H106N12+6. The standard InChI is InChI=1S/C20H21N2.2C15H19N2.C14H17N2.2C13H15N2/c1-14-7-5-6-8-18(14)17-9-10-19(22(4)13-17)20-15(2)11-12-21-16(20)3;1-10-6-7-16-13(4)15(10)14-8-11(2)12(3)9-17(14)5;1-10-6-7-17(5)14(8-10)15-11(2)9-12(3)16-13(15)4;1-10-9-11(2)15-12(3)14(10)13-7-5-6-8-16(13)4;2*1-10-7-8-14-11(2)13(10)12-6-4-5-9-15(12)3/h5-13H,1-4H3;2*6-9H,1-5H3;5-9H,1-4H3;2*4-9H,1-3H3/q6*+1. The molecule has 0 N–H and O–H groups in total. The van der Waals surface area contributed by atoms with E-state index in [0.29, 0.717) is 0 Å². The van der Waals surface area contributed by atoms with E-state index in [-0.39, 0.29) is 0 Å². The van der Waals surface area contributed by atoms with Gasteiger partial charge >= 0.3 is 0 Å². The summed E-state index contributed by atoms with van der Waals surface area (Å²) in [5.74, 6) is 0. The van der Waals surface area contributed by atoms with Crippen LogP contribution in [0.4, 0.5) is 0 Å². The Morgan fingerprint density at radius 1 is 0.235 bits per heavy atom. The quantitative estimate of drug-likeness (QED) is 0.147. The second-order valence-corrected chi connectivity index (χ2v) is 27.1. The molecule has 0 amide bonds. The molecule has 12 heterocycles. The highest BCUT2D eigenvalue weighted by atomic mass is 15.0. The average molecular weight is 1360 g/mol. The molecule has 12 aromatic heterocycles. The summed E-state index contributed by atoms with van der Waals surface area (Å²) in [5, 5.41) is 0. The maximum atomic E-state index is 4.57. The van der Waals surface area contributed by atoms with Gasteiger partial charge in [-0.25, -0.2) is 27.4 Å². The van der Waals surface area contributed by atoms with E-state index in [9.17, 15) is 0 Å². The van der Waals surface area contributed by atoms with Crippen LogP contribution in [0.3, 0.4) is 0 Å². The molecule has 102 heavy (non-hydrogen) atoms. The van der Waals surface area contributed by atoms with Crippen LogP contribution in [0.2, 0.25) is 0 Å². The van der Waals surface area contributed by atoms with E-state index in [0.717, 1.165) is 45.6 Å². The normalized spacial score (nSPS) is 10.5. The fourth-order valence-electron chi connectivity index (χ4n) is 13.5. The Bertz CT molecular complexity index is 4900. The number of aryl methyl sites for hydroxylation is 24. The molecule has 12 heteroatoms. The molecule has 0 atom stereocenters. The molecule has 0 fully saturated rings. The Morgan fingerprint density at radius 3 is 0.961 bits per heavy atom. The number of hydrogen-bond acceptors (Lipinski definition) is 6. The number of hydrogen-bond donors (Lipinski definition) is 0. The summed E-state index contributed by atoms with van der Waals surface area (Å²) in [6, 6.07) is 50.6. The lowest BCUT2D eigenvalue weighted by Gasteiger charge is -2.09. The van der Waals surface area contributed by atoms with Crippen LogP contribution >= 0.6 is 0 Å². The van der Waals surface area contributed by atoms with Gasteiger partial charge in [0, 0.05) is 108 Å². The van der Waals surface area contributed by atoms with Crippen molar-refractivity contribution >= 4 is 0 Å². The van der Waals surface area contributed by atoms with Crippen molar-refractivity contribution in [2.45, 2.75) is 125 Å². The molecule has 0 radical (unpaired) electrons. The van der Waals surface area contributed by atoms with Gasteiger partial charge in [-0.2, -0.15) is 0 Å². The van der Waals surface area contributed by atoms with Crippen molar-refractivity contribution in [1.82, 2.24) is 29.9 Å². The lowest BCUT2D eigenvalue weighted by Crippen LogP contribution is -2.32. The molecule has 13 aromatic rings. The van der Waals surface area contributed by atoms with Crippen LogP contribution in [-0.2, 0) is 42.3 Å². The van der Waals surface area contributed by atoms with Crippen LogP contribution in [-0.4, -0.2) is 29.9 Å². The number of aromatic nitrogens is 12. The fourth-order valence-corrected chi connectivity index (χ4v) is 13.5. The van der Waals surface area contributed by atoms with Crippen molar-refractivity contribution in [3.63, 3.8) is 0 Å². The smallest absolute Gasteiger partial charge is 0.214 e. The topological polar surface area (TPSA) is 101 Å². The Hall–Kier alpha value is -11.0. The minimum Gasteiger partial charge on any atom is -0.261 e. The third-order valence-corrected chi connectivity index (χ3v) is 18.8. The van der Waals surface area contributed by atoms with Crippen molar-refractivity contribution in [3.05, 3.63) is 309 Å². The molecule has 13 rings (SSSR count). The van der Waals surface area contributed by atoms with E-state index >= 15 is 0 Å². The molecule has 0 aliphatic rings. The zero-order valence-corrected chi connectivity index (χ0v) is 65.0. The Balaban J connectivity index is 0.000000156. The van der Waals surface area contributed by atoms with Gasteiger partial charge in [0.15, 0.2) is 37.2 Å². The lowest BCUT2D eigenvalue weighted by atomic mass is 9.99. The van der Waals surface area contributed by atoms with E-state index in [1.54, 1.807) is 0 Å². The fraction of sp³-hybridized carbons (Fsp3) is 0.267. The SMILES string of the molecule is Cc1cc(-c2c(C)ccnc2C)[n+](C)cc1C.Cc1cc(C)c(-c2cccc[n+]2C)c(C)n1.Cc1cc[n+](C)c(-c2c(C)cc(C)nc2C)c1.Cc1ccccc1-c1ccc(-c2c(C)ccnc2C)[n+](C)c1.Cc1ccnc(C)c1-c1cccc[n+]1C.Cc1ccnc(C)c1-c1cccc[n+]1C. The maximum absolute atomic E-state index is 4.57. The zero-order chi connectivity index (χ0) is 74.2. The molecule has 0 aliphatic carbocycles. The largest absolute Gasteiger partial charge is 0.261 e. The molecule has 1 aromatic carbocycles. The van der Waals surface area contributed by atoms with Crippen molar-refractivity contribution in [1.29, 1.82) is 0 Å². The summed E-state index contributed by atoms with van der Waals surface area (Å²) >= 11 is 0. The van der Waals surface area contributed by atoms with E-state index in [4.69, 9.17) is 0 Å². The van der Waals surface area contributed by atoms with E-state index in [2.05, 4.69) is 375 Å². The Labute approximate surface area is 608 Å². The maximum Gasteiger partial charge on any atom is 0.214 e. The first kappa shape index (κ1) is 76.8. The van der Waals surface area contributed by atoms with Crippen molar-refractivity contribution in [3.8, 4) is 78.7 Å². The summed E-state index contributed by atoms with van der Waals surface area (Å²) < 4.78 is 12.9. The molecule has 0 bridgehead atoms. The van der Waals surface area contributed by atoms with Crippen LogP contribution in [0.25, 0.3) is 78.7 Å². The molecule has 12 nitrogen and oxygen atoms in total. The number of pyridine rings is 12. The van der Waals surface area contributed by atoms with Crippen LogP contribution in [0.1, 0.15) is 101 Å². The van der Waals surface area contributed by atoms with Gasteiger partial charge in [-0.1, -0.05) is 24.3 Å². The van der Waals surface area contributed by atoms with Gasteiger partial charge in [0.05, 0.1) is 67.5 Å². The van der Waals surface area contributed by atoms with Gasteiger partial charge in [-0.15, -0.1) is 0 Å². The predicted octanol–water partition coefficient (Wildman–Crippen LogP) is 16.7. The van der Waals surface area contributed by atoms with Gasteiger partial charge < -0.3 is 0 Å². The first-order valence-corrected chi connectivity index (χ1v) is 35.0. The van der Waals surface area contributed by atoms with E-state index < -0.39 is 0 Å². The van der Waals surface area contributed by atoms with Crippen molar-refractivity contribution in [2.24, 2.45) is 42.3 Å². The van der Waals surface area contributed by atoms with Crippen LogP contribution in [0.5, 0.6) is 0 Å². The molecule has 0 saturated heterocycles. The molecular weight excluding hydrogens is 1250 g/mol. The van der Waals surface area contributed by atoms with Gasteiger partial charge in [-0.05, 0) is 241 Å². The summed E-state index contributed by atoms with van der Waals surface area (Å²) in [6.45, 7) is 37.8. The third-order valence-electron chi connectivity index (χ3n) is 18.8. The van der Waals surface area contributed by atoms with Crippen LogP contribution in [0.15, 0.2) is 208 Å². The second-order valence-electron chi connectivity index (χ2n) is 27.1. The highest BCUT2D eigenvalue weighted by Crippen LogP contribution is 2.30. The summed E-state index contributed by atoms with van der Waals surface area (Å²) in [4.78, 5) is 26.6. The van der Waals surface area contributed by atoms with Crippen LogP contribution in [0, 0.1) is 125 Å². The van der Waals surface area contributed by atoms with Crippen LogP contribution < -0.4 is 27.4 Å². The molecule has 0 unspecified atom stereocenters. The van der Waals surface area contributed by atoms with Gasteiger partial charge in [0.25, 0.3) is 0 Å². The first-order valence-electron chi connectivity index (χ1n) is 35.0. The average Bonchev–Trinajstić information content (AvgIpc) is 0.818. The Kier molecular flexibility index (Phi) is 26.2. The second kappa shape index (κ2) is 34.9. The minimum absolute atomic E-state index is 1.07. The monoisotopic (exact) mass is 1350 g/mol. The number of nitrogens with zero attached hydrogens (tertiary/aromatic N) is 12.